The summed E-state index contributed by atoms with van der Waals surface area (Å²) in [5, 5.41) is 3.60. The molecule has 0 aromatic heterocycles. The van der Waals surface area contributed by atoms with Crippen LogP contribution < -0.4 is 5.32 Å². The molecule has 1 unspecified atom stereocenters. The number of rotatable bonds is 3. The number of hydrogen-bond donors (Lipinski definition) is 1. The molecule has 76 valence electrons. The normalized spacial score (nSPS) is 18.2. The van der Waals surface area contributed by atoms with Crippen molar-refractivity contribution in [2.24, 2.45) is 0 Å². The van der Waals surface area contributed by atoms with Gasteiger partial charge in [0.2, 0.25) is 0 Å². The fraction of sp³-hybridized carbons (Fsp3) is 0.500. The lowest BCUT2D eigenvalue weighted by Gasteiger charge is -2.14. The van der Waals surface area contributed by atoms with E-state index in [4.69, 9.17) is 0 Å². The lowest BCUT2D eigenvalue weighted by atomic mass is 10.1. The molecule has 2 heteroatoms. The number of nitrogens with one attached hydrogen (secondary N) is 1. The van der Waals surface area contributed by atoms with E-state index in [-0.39, 0.29) is 0 Å². The molecule has 1 aliphatic rings. The van der Waals surface area contributed by atoms with Gasteiger partial charge in [0.25, 0.3) is 0 Å². The van der Waals surface area contributed by atoms with E-state index in [9.17, 15) is 0 Å². The molecule has 0 spiro atoms. The molecule has 1 aromatic carbocycles. The Balaban J connectivity index is 2.12. The van der Waals surface area contributed by atoms with Crippen LogP contribution >= 0.6 is 15.9 Å². The maximum atomic E-state index is 3.60. The van der Waals surface area contributed by atoms with Gasteiger partial charge in [-0.2, -0.15) is 0 Å². The first-order valence-electron chi connectivity index (χ1n) is 5.18. The van der Waals surface area contributed by atoms with Gasteiger partial charge < -0.3 is 5.32 Å². The highest BCUT2D eigenvalue weighted by molar-refractivity contribution is 9.10. The van der Waals surface area contributed by atoms with E-state index in [2.05, 4.69) is 53.3 Å². The minimum absolute atomic E-state index is 0.471. The predicted molar refractivity (Wildman–Crippen MR) is 63.5 cm³/mol. The van der Waals surface area contributed by atoms with Crippen LogP contribution in [0.3, 0.4) is 0 Å². The summed E-state index contributed by atoms with van der Waals surface area (Å²) in [6, 6.07) is 7.84. The second kappa shape index (κ2) is 4.03. The second-order valence-electron chi connectivity index (χ2n) is 4.22. The van der Waals surface area contributed by atoms with Crippen molar-refractivity contribution in [1.82, 2.24) is 5.32 Å². The van der Waals surface area contributed by atoms with Gasteiger partial charge in [-0.1, -0.05) is 22.0 Å². The molecule has 0 amide bonds. The van der Waals surface area contributed by atoms with Gasteiger partial charge in [-0.25, -0.2) is 0 Å². The SMILES string of the molecule is Cc1cc(Br)cc(C(C)NC2CC2)c1. The van der Waals surface area contributed by atoms with E-state index in [0.717, 1.165) is 6.04 Å². The molecule has 0 aliphatic heterocycles. The van der Waals surface area contributed by atoms with Crippen LogP contribution in [-0.2, 0) is 0 Å². The van der Waals surface area contributed by atoms with Crippen LogP contribution in [0.5, 0.6) is 0 Å². The van der Waals surface area contributed by atoms with Gasteiger partial charge in [0.15, 0.2) is 0 Å². The third kappa shape index (κ3) is 2.58. The Morgan fingerprint density at radius 2 is 2.07 bits per heavy atom. The van der Waals surface area contributed by atoms with Gasteiger partial charge in [0.1, 0.15) is 0 Å². The van der Waals surface area contributed by atoms with Gasteiger partial charge in [0, 0.05) is 16.6 Å². The van der Waals surface area contributed by atoms with Crippen LogP contribution in [0, 0.1) is 6.92 Å². The molecular formula is C12H16BrN. The lowest BCUT2D eigenvalue weighted by molar-refractivity contribution is 0.570. The highest BCUT2D eigenvalue weighted by Crippen LogP contribution is 2.26. The number of halogens is 1. The Labute approximate surface area is 94.0 Å². The fourth-order valence-corrected chi connectivity index (χ4v) is 2.34. The van der Waals surface area contributed by atoms with Crippen molar-refractivity contribution in [1.29, 1.82) is 0 Å². The summed E-state index contributed by atoms with van der Waals surface area (Å²) in [6.07, 6.45) is 2.69. The first kappa shape index (κ1) is 10.2. The summed E-state index contributed by atoms with van der Waals surface area (Å²) in [5.74, 6) is 0. The van der Waals surface area contributed by atoms with Crippen molar-refractivity contribution in [3.05, 3.63) is 33.8 Å². The summed E-state index contributed by atoms with van der Waals surface area (Å²) < 4.78 is 1.18. The lowest BCUT2D eigenvalue weighted by Crippen LogP contribution is -2.20. The van der Waals surface area contributed by atoms with Crippen molar-refractivity contribution < 1.29 is 0 Å². The van der Waals surface area contributed by atoms with Gasteiger partial charge >= 0.3 is 0 Å². The standard InChI is InChI=1S/C12H16BrN/c1-8-5-10(7-11(13)6-8)9(2)14-12-3-4-12/h5-7,9,12,14H,3-4H2,1-2H3. The van der Waals surface area contributed by atoms with Crippen LogP contribution in [-0.4, -0.2) is 6.04 Å². The van der Waals surface area contributed by atoms with Crippen LogP contribution in [0.15, 0.2) is 22.7 Å². The summed E-state index contributed by atoms with van der Waals surface area (Å²) >= 11 is 3.54. The molecule has 14 heavy (non-hydrogen) atoms. The van der Waals surface area contributed by atoms with Crippen LogP contribution in [0.4, 0.5) is 0 Å². The van der Waals surface area contributed by atoms with Crippen molar-refractivity contribution in [2.45, 2.75) is 38.8 Å². The number of benzene rings is 1. The molecule has 1 atom stereocenters. The molecule has 1 aliphatic carbocycles. The Kier molecular flexibility index (Phi) is 2.93. The van der Waals surface area contributed by atoms with Crippen molar-refractivity contribution in [3.8, 4) is 0 Å². The average molecular weight is 254 g/mol. The monoisotopic (exact) mass is 253 g/mol. The highest BCUT2D eigenvalue weighted by atomic mass is 79.9. The van der Waals surface area contributed by atoms with Crippen molar-refractivity contribution in [3.63, 3.8) is 0 Å². The maximum absolute atomic E-state index is 3.60. The maximum Gasteiger partial charge on any atom is 0.0294 e. The summed E-state index contributed by atoms with van der Waals surface area (Å²) in [5.41, 5.74) is 2.70. The van der Waals surface area contributed by atoms with Crippen molar-refractivity contribution in [2.75, 3.05) is 0 Å². The molecule has 1 fully saturated rings. The zero-order chi connectivity index (χ0) is 10.1. The summed E-state index contributed by atoms with van der Waals surface area (Å²) in [7, 11) is 0. The van der Waals surface area contributed by atoms with Gasteiger partial charge in [0.05, 0.1) is 0 Å². The summed E-state index contributed by atoms with van der Waals surface area (Å²) in [4.78, 5) is 0. The van der Waals surface area contributed by atoms with E-state index < -0.39 is 0 Å². The van der Waals surface area contributed by atoms with Gasteiger partial charge in [-0.3, -0.25) is 0 Å². The first-order chi connectivity index (χ1) is 6.65. The Bertz CT molecular complexity index is 311. The zero-order valence-electron chi connectivity index (χ0n) is 8.68. The minimum Gasteiger partial charge on any atom is -0.307 e. The Morgan fingerprint density at radius 3 is 2.64 bits per heavy atom. The number of aryl methyl sites for hydroxylation is 1. The molecular weight excluding hydrogens is 238 g/mol. The van der Waals surface area contributed by atoms with E-state index >= 15 is 0 Å². The molecule has 0 bridgehead atoms. The van der Waals surface area contributed by atoms with Crippen LogP contribution in [0.1, 0.15) is 36.9 Å². The largest absolute Gasteiger partial charge is 0.307 e. The fourth-order valence-electron chi connectivity index (χ4n) is 1.71. The molecule has 2 rings (SSSR count). The quantitative estimate of drug-likeness (QED) is 0.869. The van der Waals surface area contributed by atoms with Crippen LogP contribution in [0.2, 0.25) is 0 Å². The van der Waals surface area contributed by atoms with Gasteiger partial charge in [-0.15, -0.1) is 0 Å². The van der Waals surface area contributed by atoms with Gasteiger partial charge in [-0.05, 0) is 49.9 Å². The molecule has 0 heterocycles. The number of hydrogen-bond acceptors (Lipinski definition) is 1. The first-order valence-corrected chi connectivity index (χ1v) is 5.97. The smallest absolute Gasteiger partial charge is 0.0294 e. The molecule has 1 aromatic rings. The predicted octanol–water partition coefficient (Wildman–Crippen LogP) is 3.57. The van der Waals surface area contributed by atoms with E-state index in [1.807, 2.05) is 0 Å². The highest BCUT2D eigenvalue weighted by Gasteiger charge is 2.23. The third-order valence-corrected chi connectivity index (χ3v) is 3.09. The van der Waals surface area contributed by atoms with Crippen molar-refractivity contribution >= 4 is 15.9 Å². The van der Waals surface area contributed by atoms with E-state index in [1.54, 1.807) is 0 Å². The summed E-state index contributed by atoms with van der Waals surface area (Å²) in [6.45, 7) is 4.37. The molecule has 1 N–H and O–H groups in total. The molecule has 1 nitrogen and oxygen atoms in total. The van der Waals surface area contributed by atoms with E-state index in [0.29, 0.717) is 6.04 Å². The average Bonchev–Trinajstić information content (AvgIpc) is 2.86. The van der Waals surface area contributed by atoms with E-state index in [1.165, 1.54) is 28.4 Å². The minimum atomic E-state index is 0.471. The molecule has 1 saturated carbocycles. The Morgan fingerprint density at radius 1 is 1.36 bits per heavy atom. The van der Waals surface area contributed by atoms with Crippen LogP contribution in [0.25, 0.3) is 0 Å². The molecule has 0 radical (unpaired) electrons. The topological polar surface area (TPSA) is 12.0 Å². The molecule has 0 saturated heterocycles. The zero-order valence-corrected chi connectivity index (χ0v) is 10.3. The Hall–Kier alpha value is -0.340. The third-order valence-electron chi connectivity index (χ3n) is 2.63. The second-order valence-corrected chi connectivity index (χ2v) is 5.14.